The number of amides is 1. The minimum atomic E-state index is -3.70. The van der Waals surface area contributed by atoms with Crippen molar-refractivity contribution in [1.29, 1.82) is 0 Å². The molecule has 0 aliphatic heterocycles. The van der Waals surface area contributed by atoms with Crippen LogP contribution in [0.25, 0.3) is 11.3 Å². The van der Waals surface area contributed by atoms with Crippen LogP contribution >= 0.6 is 0 Å². The van der Waals surface area contributed by atoms with Crippen LogP contribution in [0.2, 0.25) is 0 Å². The van der Waals surface area contributed by atoms with E-state index in [1.54, 1.807) is 24.3 Å². The average molecular weight is 382 g/mol. The van der Waals surface area contributed by atoms with Crippen molar-refractivity contribution >= 4 is 15.9 Å². The van der Waals surface area contributed by atoms with E-state index in [2.05, 4.69) is 15.5 Å². The molecule has 3 N–H and O–H groups in total. The first kappa shape index (κ1) is 18.7. The standard InChI is InChI=1S/C19H18N4O3S/c20-27(25,26)16-8-6-14(7-9-16)12-13-21-19(24)18-11-10-17(22-23-18)15-4-2-1-3-5-15/h1-11H,12-13H2,(H,21,24)(H2,20,25,26). The highest BCUT2D eigenvalue weighted by atomic mass is 32.2. The largest absolute Gasteiger partial charge is 0.350 e. The maximum absolute atomic E-state index is 12.2. The van der Waals surface area contributed by atoms with Gasteiger partial charge in [0, 0.05) is 12.1 Å². The molecule has 0 bridgehead atoms. The Morgan fingerprint density at radius 2 is 1.63 bits per heavy atom. The lowest BCUT2D eigenvalue weighted by atomic mass is 10.1. The second kappa shape index (κ2) is 8.07. The zero-order valence-corrected chi connectivity index (χ0v) is 15.2. The number of benzene rings is 2. The Balaban J connectivity index is 1.55. The smallest absolute Gasteiger partial charge is 0.271 e. The van der Waals surface area contributed by atoms with Gasteiger partial charge in [-0.05, 0) is 36.2 Å². The maximum Gasteiger partial charge on any atom is 0.271 e. The molecule has 27 heavy (non-hydrogen) atoms. The summed E-state index contributed by atoms with van der Waals surface area (Å²) < 4.78 is 22.5. The molecule has 3 aromatic rings. The summed E-state index contributed by atoms with van der Waals surface area (Å²) in [4.78, 5) is 12.2. The highest BCUT2D eigenvalue weighted by Crippen LogP contribution is 2.15. The molecular formula is C19H18N4O3S. The minimum Gasteiger partial charge on any atom is -0.350 e. The number of nitrogens with zero attached hydrogens (tertiary/aromatic N) is 2. The van der Waals surface area contributed by atoms with Crippen molar-refractivity contribution in [3.63, 3.8) is 0 Å². The van der Waals surface area contributed by atoms with Crippen LogP contribution in [0.1, 0.15) is 16.1 Å². The highest BCUT2D eigenvalue weighted by Gasteiger charge is 2.09. The van der Waals surface area contributed by atoms with Gasteiger partial charge in [-0.3, -0.25) is 4.79 Å². The number of carbonyl (C=O) groups is 1. The van der Waals surface area contributed by atoms with Crippen molar-refractivity contribution in [2.24, 2.45) is 5.14 Å². The zero-order valence-electron chi connectivity index (χ0n) is 14.4. The number of nitrogens with two attached hydrogens (primary N) is 1. The second-order valence-corrected chi connectivity index (χ2v) is 7.43. The summed E-state index contributed by atoms with van der Waals surface area (Å²) in [6.45, 7) is 0.385. The van der Waals surface area contributed by atoms with Crippen LogP contribution in [0, 0.1) is 0 Å². The molecule has 8 heteroatoms. The molecule has 0 saturated heterocycles. The molecule has 0 unspecified atom stereocenters. The summed E-state index contributed by atoms with van der Waals surface area (Å²) in [6.07, 6.45) is 0.548. The Morgan fingerprint density at radius 1 is 0.926 bits per heavy atom. The van der Waals surface area contributed by atoms with Gasteiger partial charge in [0.2, 0.25) is 10.0 Å². The summed E-state index contributed by atoms with van der Waals surface area (Å²) >= 11 is 0. The van der Waals surface area contributed by atoms with Gasteiger partial charge < -0.3 is 5.32 Å². The van der Waals surface area contributed by atoms with E-state index >= 15 is 0 Å². The third-order valence-electron chi connectivity index (χ3n) is 3.92. The first-order chi connectivity index (χ1) is 12.9. The molecule has 1 aromatic heterocycles. The van der Waals surface area contributed by atoms with E-state index in [1.807, 2.05) is 30.3 Å². The van der Waals surface area contributed by atoms with Gasteiger partial charge in [-0.1, -0.05) is 42.5 Å². The van der Waals surface area contributed by atoms with Crippen LogP contribution < -0.4 is 10.5 Å². The third-order valence-corrected chi connectivity index (χ3v) is 4.85. The monoisotopic (exact) mass is 382 g/mol. The highest BCUT2D eigenvalue weighted by molar-refractivity contribution is 7.89. The Hall–Kier alpha value is -3.10. The molecule has 0 spiro atoms. The number of aromatic nitrogens is 2. The molecular weight excluding hydrogens is 364 g/mol. The van der Waals surface area contributed by atoms with Gasteiger partial charge in [-0.15, -0.1) is 10.2 Å². The number of carbonyl (C=O) groups excluding carboxylic acids is 1. The molecule has 1 amide bonds. The fraction of sp³-hybridized carbons (Fsp3) is 0.105. The summed E-state index contributed by atoms with van der Waals surface area (Å²) in [5.74, 6) is -0.316. The number of nitrogens with one attached hydrogen (secondary N) is 1. The van der Waals surface area contributed by atoms with Gasteiger partial charge in [0.25, 0.3) is 5.91 Å². The van der Waals surface area contributed by atoms with Gasteiger partial charge in [-0.2, -0.15) is 0 Å². The Bertz CT molecular complexity index is 1020. The van der Waals surface area contributed by atoms with Gasteiger partial charge in [0.15, 0.2) is 5.69 Å². The SMILES string of the molecule is NS(=O)(=O)c1ccc(CCNC(=O)c2ccc(-c3ccccc3)nn2)cc1. The lowest BCUT2D eigenvalue weighted by Crippen LogP contribution is -2.26. The number of hydrogen-bond acceptors (Lipinski definition) is 5. The quantitative estimate of drug-likeness (QED) is 0.674. The van der Waals surface area contributed by atoms with Gasteiger partial charge in [-0.25, -0.2) is 13.6 Å². The van der Waals surface area contributed by atoms with Crippen LogP contribution in [0.15, 0.2) is 71.6 Å². The normalized spacial score (nSPS) is 11.1. The Morgan fingerprint density at radius 3 is 2.22 bits per heavy atom. The first-order valence-corrected chi connectivity index (χ1v) is 9.77. The van der Waals surface area contributed by atoms with Crippen molar-refractivity contribution < 1.29 is 13.2 Å². The first-order valence-electron chi connectivity index (χ1n) is 8.22. The van der Waals surface area contributed by atoms with Gasteiger partial charge in [0.05, 0.1) is 10.6 Å². The number of primary sulfonamides is 1. The molecule has 0 atom stereocenters. The topological polar surface area (TPSA) is 115 Å². The molecule has 138 valence electrons. The number of hydrogen-bond donors (Lipinski definition) is 2. The molecule has 0 radical (unpaired) electrons. The van der Waals surface area contributed by atoms with Gasteiger partial charge in [0.1, 0.15) is 0 Å². The molecule has 0 saturated carbocycles. The van der Waals surface area contributed by atoms with Crippen molar-refractivity contribution in [2.45, 2.75) is 11.3 Å². The molecule has 0 aliphatic carbocycles. The second-order valence-electron chi connectivity index (χ2n) is 5.86. The third kappa shape index (κ3) is 4.96. The summed E-state index contributed by atoms with van der Waals surface area (Å²) in [7, 11) is -3.70. The average Bonchev–Trinajstić information content (AvgIpc) is 2.68. The number of rotatable bonds is 6. The van der Waals surface area contributed by atoms with Crippen molar-refractivity contribution in [2.75, 3.05) is 6.54 Å². The van der Waals surface area contributed by atoms with E-state index in [1.165, 1.54) is 12.1 Å². The molecule has 0 fully saturated rings. The van der Waals surface area contributed by atoms with E-state index < -0.39 is 10.0 Å². The fourth-order valence-corrected chi connectivity index (χ4v) is 2.99. The van der Waals surface area contributed by atoms with Crippen LogP contribution in [-0.2, 0) is 16.4 Å². The summed E-state index contributed by atoms with van der Waals surface area (Å²) in [5.41, 5.74) is 2.74. The van der Waals surface area contributed by atoms with E-state index in [4.69, 9.17) is 5.14 Å². The van der Waals surface area contributed by atoms with Crippen LogP contribution in [0.3, 0.4) is 0 Å². The van der Waals surface area contributed by atoms with Crippen LogP contribution in [0.5, 0.6) is 0 Å². The van der Waals surface area contributed by atoms with Crippen LogP contribution in [-0.4, -0.2) is 31.1 Å². The number of sulfonamides is 1. The maximum atomic E-state index is 12.2. The molecule has 3 rings (SSSR count). The molecule has 7 nitrogen and oxygen atoms in total. The van der Waals surface area contributed by atoms with Crippen molar-refractivity contribution in [3.05, 3.63) is 78.0 Å². The van der Waals surface area contributed by atoms with E-state index in [0.29, 0.717) is 18.7 Å². The zero-order chi connectivity index (χ0) is 19.3. The Kier molecular flexibility index (Phi) is 5.58. The predicted octanol–water partition coefficient (Wildman–Crippen LogP) is 1.76. The lowest BCUT2D eigenvalue weighted by molar-refractivity contribution is 0.0948. The summed E-state index contributed by atoms with van der Waals surface area (Å²) in [6, 6.07) is 19.2. The van der Waals surface area contributed by atoms with Crippen molar-refractivity contribution in [1.82, 2.24) is 15.5 Å². The minimum absolute atomic E-state index is 0.0593. The molecule has 0 aliphatic rings. The fourth-order valence-electron chi connectivity index (χ4n) is 2.47. The van der Waals surface area contributed by atoms with Gasteiger partial charge >= 0.3 is 0 Å². The molecule has 1 heterocycles. The van der Waals surface area contributed by atoms with Crippen LogP contribution in [0.4, 0.5) is 0 Å². The molecule has 2 aromatic carbocycles. The summed E-state index contributed by atoms with van der Waals surface area (Å²) in [5, 5.41) is 15.9. The van der Waals surface area contributed by atoms with E-state index in [0.717, 1.165) is 11.1 Å². The van der Waals surface area contributed by atoms with E-state index in [9.17, 15) is 13.2 Å². The lowest BCUT2D eigenvalue weighted by Gasteiger charge is -2.06. The Labute approximate surface area is 157 Å². The predicted molar refractivity (Wildman–Crippen MR) is 101 cm³/mol. The van der Waals surface area contributed by atoms with E-state index in [-0.39, 0.29) is 16.5 Å². The van der Waals surface area contributed by atoms with Crippen molar-refractivity contribution in [3.8, 4) is 11.3 Å².